The normalized spacial score (nSPS) is 36.0. The Labute approximate surface area is 449 Å². The van der Waals surface area contributed by atoms with Crippen LogP contribution in [0.15, 0.2) is 82.0 Å². The minimum Gasteiger partial charge on any atom is -0.0805 e. The first-order valence-corrected chi connectivity index (χ1v) is 36.2. The van der Waals surface area contributed by atoms with Gasteiger partial charge in [0.2, 0.25) is 0 Å². The highest BCUT2D eigenvalue weighted by molar-refractivity contribution is 6.85. The Balaban J connectivity index is 0.000000141. The molecule has 2 aliphatic heterocycles. The molecule has 2 saturated carbocycles. The molecule has 0 radical (unpaired) electrons. The van der Waals surface area contributed by atoms with Crippen molar-refractivity contribution in [2.45, 2.75) is 240 Å². The van der Waals surface area contributed by atoms with Crippen LogP contribution >= 0.6 is 0 Å². The highest BCUT2D eigenvalue weighted by atomic mass is 28.3. The van der Waals surface area contributed by atoms with E-state index < -0.39 is 16.1 Å². The van der Waals surface area contributed by atoms with Crippen LogP contribution in [-0.4, -0.2) is 16.1 Å². The van der Waals surface area contributed by atoms with Gasteiger partial charge in [0.1, 0.15) is 0 Å². The zero-order valence-corrected chi connectivity index (χ0v) is 51.0. The summed E-state index contributed by atoms with van der Waals surface area (Å²) >= 11 is 0. The molecule has 0 aromatic heterocycles. The van der Waals surface area contributed by atoms with Gasteiger partial charge in [-0.05, 0) is 202 Å². The van der Waals surface area contributed by atoms with Crippen LogP contribution in [0.4, 0.5) is 0 Å². The van der Waals surface area contributed by atoms with E-state index in [9.17, 15) is 0 Å². The van der Waals surface area contributed by atoms with E-state index >= 15 is 0 Å². The van der Waals surface area contributed by atoms with Crippen LogP contribution in [0.1, 0.15) is 223 Å². The van der Waals surface area contributed by atoms with Gasteiger partial charge in [0.25, 0.3) is 0 Å². The van der Waals surface area contributed by atoms with E-state index in [1.807, 2.05) is 11.1 Å². The first-order chi connectivity index (χ1) is 34.6. The molecule has 2 aromatic carbocycles. The van der Waals surface area contributed by atoms with Crippen molar-refractivity contribution >= 4 is 28.3 Å². The molecule has 0 spiro atoms. The Morgan fingerprint density at radius 1 is 0.479 bits per heavy atom. The maximum absolute atomic E-state index is 2.79. The van der Waals surface area contributed by atoms with Crippen LogP contribution in [0.2, 0.25) is 35.3 Å². The van der Waals surface area contributed by atoms with Gasteiger partial charge in [0, 0.05) is 11.1 Å². The topological polar surface area (TPSA) is 0 Å². The summed E-state index contributed by atoms with van der Waals surface area (Å²) in [6, 6.07) is 16.5. The summed E-state index contributed by atoms with van der Waals surface area (Å²) in [4.78, 5) is 0. The van der Waals surface area contributed by atoms with E-state index in [2.05, 4.69) is 158 Å². The van der Waals surface area contributed by atoms with Crippen molar-refractivity contribution in [1.82, 2.24) is 0 Å². The smallest absolute Gasteiger partial charge is 0.0781 e. The molecule has 2 heteroatoms. The standard InChI is InChI=1S/C34H50Si.C34H42Si.C3H8/c2*1-21-15-27-25(11-9-23-17-33(3,4)19-29(23)27)31(21)35(13-7-8-14-35)32-22(2)16-28-26(32)12-10-24-18-34(5,6)20-30(24)28;1-3-2/h9-12,21-22,25-28,31-32H,7-8,13-20H2,1-6H3;9-12,15-16,31-32H,7-8,13-14,17-20H2,1-6H3;3H2,1-2H3. The van der Waals surface area contributed by atoms with Crippen molar-refractivity contribution in [2.75, 3.05) is 0 Å². The van der Waals surface area contributed by atoms with Gasteiger partial charge >= 0.3 is 0 Å². The van der Waals surface area contributed by atoms with Crippen molar-refractivity contribution in [3.05, 3.63) is 127 Å². The molecule has 14 rings (SSSR count). The van der Waals surface area contributed by atoms with Crippen LogP contribution in [0.25, 0.3) is 12.2 Å². The largest absolute Gasteiger partial charge is 0.0805 e. The second-order valence-electron chi connectivity index (χ2n) is 31.4. The number of rotatable bonds is 4. The SMILES string of the molecule is CC1=Cc2c(ccc3c2CC(C)(C)C3)C1[Si]1(C2C(C)=Cc3c2ccc2c3CC(C)(C)C2)CCCC1.CC1CC2C3=C(C=CC2C1[Si]1(C2C(C)CC4C5=C(C=CC42)CC(C)(C)C5)CCCC1)CC(C)(C)C3.CCC. The predicted molar refractivity (Wildman–Crippen MR) is 321 cm³/mol. The van der Waals surface area contributed by atoms with E-state index in [1.165, 1.54) is 95.6 Å². The zero-order chi connectivity index (χ0) is 51.4. The third kappa shape index (κ3) is 8.23. The average molecular weight is 1010 g/mol. The van der Waals surface area contributed by atoms with E-state index in [0.717, 1.165) is 46.6 Å². The number of hydrogen-bond acceptors (Lipinski definition) is 0. The van der Waals surface area contributed by atoms with Gasteiger partial charge in [0.15, 0.2) is 0 Å². The Hall–Kier alpha value is -2.69. The van der Waals surface area contributed by atoms with Crippen molar-refractivity contribution in [1.29, 1.82) is 0 Å². The Morgan fingerprint density at radius 2 is 0.849 bits per heavy atom. The fourth-order valence-corrected chi connectivity index (χ4v) is 37.4. The van der Waals surface area contributed by atoms with E-state index in [0.29, 0.717) is 32.7 Å². The molecular weight excluding hydrogens is 909 g/mol. The monoisotopic (exact) mass is 1010 g/mol. The van der Waals surface area contributed by atoms with E-state index in [1.54, 1.807) is 91.7 Å². The second kappa shape index (κ2) is 17.9. The summed E-state index contributed by atoms with van der Waals surface area (Å²) in [5, 5.41) is 0. The molecule has 2 heterocycles. The third-order valence-electron chi connectivity index (χ3n) is 23.1. The molecule has 0 amide bonds. The molecule has 0 nitrogen and oxygen atoms in total. The van der Waals surface area contributed by atoms with Gasteiger partial charge in [-0.25, -0.2) is 0 Å². The molecule has 0 N–H and O–H groups in total. The number of allylic oxidation sites excluding steroid dienone is 10. The summed E-state index contributed by atoms with van der Waals surface area (Å²) in [6.45, 7) is 34.5. The van der Waals surface area contributed by atoms with E-state index in [-0.39, 0.29) is 0 Å². The number of hydrogen-bond donors (Lipinski definition) is 0. The lowest BCUT2D eigenvalue weighted by molar-refractivity contribution is 0.373. The fraction of sp³-hybridized carbons (Fsp3) is 0.662. The van der Waals surface area contributed by atoms with Crippen LogP contribution < -0.4 is 0 Å². The molecule has 73 heavy (non-hydrogen) atoms. The summed E-state index contributed by atoms with van der Waals surface area (Å²) in [7, 11) is -3.08. The summed E-state index contributed by atoms with van der Waals surface area (Å²) in [5.74, 6) is 5.41. The lowest BCUT2D eigenvalue weighted by Gasteiger charge is -2.48. The van der Waals surface area contributed by atoms with Gasteiger partial charge in [-0.1, -0.05) is 222 Å². The molecule has 12 aliphatic rings. The lowest BCUT2D eigenvalue weighted by Crippen LogP contribution is -2.48. The molecule has 10 atom stereocenters. The molecule has 0 bridgehead atoms. The van der Waals surface area contributed by atoms with Gasteiger partial charge < -0.3 is 0 Å². The Morgan fingerprint density at radius 3 is 1.25 bits per heavy atom. The fourth-order valence-electron chi connectivity index (χ4n) is 21.5. The minimum absolute atomic E-state index is 0.414. The van der Waals surface area contributed by atoms with Crippen LogP contribution in [-0.2, 0) is 25.7 Å². The van der Waals surface area contributed by atoms with Crippen molar-refractivity contribution in [3.63, 3.8) is 0 Å². The van der Waals surface area contributed by atoms with Crippen LogP contribution in [0.3, 0.4) is 0 Å². The van der Waals surface area contributed by atoms with Crippen LogP contribution in [0.5, 0.6) is 0 Å². The van der Waals surface area contributed by atoms with Gasteiger partial charge in [-0.2, -0.15) is 0 Å². The predicted octanol–water partition coefficient (Wildman–Crippen LogP) is 20.3. The molecule has 392 valence electrons. The summed E-state index contributed by atoms with van der Waals surface area (Å²) in [6.07, 6.45) is 36.8. The van der Waals surface area contributed by atoms with Crippen LogP contribution in [0, 0.1) is 57.2 Å². The third-order valence-corrected chi connectivity index (χ3v) is 36.7. The molecular formula is C71H100Si2. The molecule has 4 fully saturated rings. The first kappa shape index (κ1) is 51.1. The number of benzene rings is 2. The van der Waals surface area contributed by atoms with E-state index in [4.69, 9.17) is 0 Å². The van der Waals surface area contributed by atoms with Gasteiger partial charge in [-0.15, -0.1) is 0 Å². The second-order valence-corrected chi connectivity index (χ2v) is 40.8. The van der Waals surface area contributed by atoms with Gasteiger partial charge in [0.05, 0.1) is 16.1 Å². The maximum Gasteiger partial charge on any atom is 0.0781 e. The zero-order valence-electron chi connectivity index (χ0n) is 49.0. The van der Waals surface area contributed by atoms with Crippen molar-refractivity contribution in [3.8, 4) is 0 Å². The molecule has 10 unspecified atom stereocenters. The summed E-state index contributed by atoms with van der Waals surface area (Å²) < 4.78 is 0. The van der Waals surface area contributed by atoms with Crippen molar-refractivity contribution < 1.29 is 0 Å². The average Bonchev–Trinajstić information content (AvgIpc) is 4.16. The highest BCUT2D eigenvalue weighted by Gasteiger charge is 2.63. The summed E-state index contributed by atoms with van der Waals surface area (Å²) in [5.41, 5.74) is 29.4. The number of fused-ring (bicyclic) bond motifs is 10. The Kier molecular flexibility index (Phi) is 12.5. The van der Waals surface area contributed by atoms with Crippen molar-refractivity contribution in [2.24, 2.45) is 57.2 Å². The maximum atomic E-state index is 2.79. The quantitative estimate of drug-likeness (QED) is 0.268. The molecule has 10 aliphatic carbocycles. The highest BCUT2D eigenvalue weighted by Crippen LogP contribution is 2.70. The first-order valence-electron chi connectivity index (χ1n) is 31.0. The minimum atomic E-state index is -1.67. The van der Waals surface area contributed by atoms with Gasteiger partial charge in [-0.3, -0.25) is 0 Å². The Bertz CT molecular complexity index is 2580. The molecule has 2 aromatic rings. The molecule has 2 saturated heterocycles. The lowest BCUT2D eigenvalue weighted by atomic mass is 9.81.